The molecule has 2 aromatic carbocycles. The number of aromatic nitrogens is 1. The molecular formula is C24H24ClN3O. The third-order valence-electron chi connectivity index (χ3n) is 5.42. The van der Waals surface area contributed by atoms with Crippen molar-refractivity contribution in [2.75, 3.05) is 0 Å². The van der Waals surface area contributed by atoms with Gasteiger partial charge in [0, 0.05) is 16.9 Å². The highest BCUT2D eigenvalue weighted by Gasteiger charge is 2.44. The Hall–Kier alpha value is -2.72. The van der Waals surface area contributed by atoms with Crippen molar-refractivity contribution in [3.05, 3.63) is 76.4 Å². The minimum absolute atomic E-state index is 0.0298. The molecule has 3 aromatic rings. The summed E-state index contributed by atoms with van der Waals surface area (Å²) in [5.74, 6) is 0.180. The molecule has 1 saturated carbocycles. The van der Waals surface area contributed by atoms with E-state index in [0.717, 1.165) is 17.3 Å². The number of hydrazone groups is 1. The van der Waals surface area contributed by atoms with Crippen molar-refractivity contribution in [2.45, 2.75) is 38.5 Å². The zero-order valence-corrected chi connectivity index (χ0v) is 17.6. The Kier molecular flexibility index (Phi) is 5.13. The predicted octanol–water partition coefficient (Wildman–Crippen LogP) is 5.44. The van der Waals surface area contributed by atoms with Crippen LogP contribution in [0.2, 0.25) is 5.15 Å². The quantitative estimate of drug-likeness (QED) is 0.357. The molecule has 4 rings (SSSR count). The number of rotatable bonds is 4. The van der Waals surface area contributed by atoms with E-state index in [1.54, 1.807) is 6.21 Å². The summed E-state index contributed by atoms with van der Waals surface area (Å²) in [4.78, 5) is 16.8. The number of hydrogen-bond donors (Lipinski definition) is 1. The van der Waals surface area contributed by atoms with Crippen LogP contribution in [0.4, 0.5) is 0 Å². The summed E-state index contributed by atoms with van der Waals surface area (Å²) in [7, 11) is 0. The van der Waals surface area contributed by atoms with Crippen molar-refractivity contribution >= 4 is 34.6 Å². The molecule has 2 atom stereocenters. The van der Waals surface area contributed by atoms with Gasteiger partial charge in [-0.05, 0) is 41.0 Å². The number of amides is 1. The Morgan fingerprint density at radius 1 is 1.17 bits per heavy atom. The largest absolute Gasteiger partial charge is 0.273 e. The smallest absolute Gasteiger partial charge is 0.243 e. The number of fused-ring (bicyclic) bond motifs is 1. The highest BCUT2D eigenvalue weighted by atomic mass is 35.5. The number of benzene rings is 2. The summed E-state index contributed by atoms with van der Waals surface area (Å²) >= 11 is 6.23. The average molecular weight is 406 g/mol. The van der Waals surface area contributed by atoms with Crippen molar-refractivity contribution in [3.63, 3.8) is 0 Å². The number of carbonyl (C=O) groups excluding carboxylic acids is 1. The van der Waals surface area contributed by atoms with Gasteiger partial charge < -0.3 is 0 Å². The molecule has 1 fully saturated rings. The number of para-hydroxylation sites is 1. The number of hydrogen-bond acceptors (Lipinski definition) is 3. The molecule has 0 aliphatic heterocycles. The Morgan fingerprint density at radius 3 is 2.62 bits per heavy atom. The highest BCUT2D eigenvalue weighted by molar-refractivity contribution is 6.32. The molecule has 1 amide bonds. The van der Waals surface area contributed by atoms with Crippen molar-refractivity contribution in [2.24, 2.45) is 11.0 Å². The molecule has 0 saturated heterocycles. The zero-order valence-electron chi connectivity index (χ0n) is 16.8. The maximum Gasteiger partial charge on any atom is 0.243 e. The second-order valence-electron chi connectivity index (χ2n) is 8.62. The van der Waals surface area contributed by atoms with Crippen LogP contribution in [0.1, 0.15) is 49.8 Å². The molecule has 0 radical (unpaired) electrons. The number of nitrogens with zero attached hydrogens (tertiary/aromatic N) is 2. The van der Waals surface area contributed by atoms with Crippen LogP contribution in [-0.2, 0) is 10.2 Å². The van der Waals surface area contributed by atoms with Crippen LogP contribution in [0.25, 0.3) is 10.9 Å². The molecule has 1 N–H and O–H groups in total. The summed E-state index contributed by atoms with van der Waals surface area (Å²) in [6, 6.07) is 18.3. The van der Waals surface area contributed by atoms with Gasteiger partial charge in [0.2, 0.25) is 5.91 Å². The van der Waals surface area contributed by atoms with Crippen molar-refractivity contribution in [1.29, 1.82) is 0 Å². The number of carbonyl (C=O) groups is 1. The van der Waals surface area contributed by atoms with E-state index in [-0.39, 0.29) is 23.2 Å². The van der Waals surface area contributed by atoms with Gasteiger partial charge in [-0.25, -0.2) is 10.4 Å². The molecule has 1 aliphatic carbocycles. The van der Waals surface area contributed by atoms with E-state index in [9.17, 15) is 4.79 Å². The minimum atomic E-state index is -0.0592. The van der Waals surface area contributed by atoms with Gasteiger partial charge in [0.25, 0.3) is 0 Å². The minimum Gasteiger partial charge on any atom is -0.273 e. The molecule has 1 heterocycles. The first-order chi connectivity index (χ1) is 13.8. The monoisotopic (exact) mass is 405 g/mol. The molecule has 4 nitrogen and oxygen atoms in total. The van der Waals surface area contributed by atoms with Gasteiger partial charge in [0.1, 0.15) is 5.15 Å². The lowest BCUT2D eigenvalue weighted by atomic mass is 9.86. The van der Waals surface area contributed by atoms with Crippen LogP contribution in [0, 0.1) is 5.92 Å². The summed E-state index contributed by atoms with van der Waals surface area (Å²) in [5.41, 5.74) is 6.80. The summed E-state index contributed by atoms with van der Waals surface area (Å²) < 4.78 is 0. The van der Waals surface area contributed by atoms with Crippen LogP contribution in [0.15, 0.2) is 59.7 Å². The third kappa shape index (κ3) is 4.33. The fourth-order valence-electron chi connectivity index (χ4n) is 3.53. The Balaban J connectivity index is 1.38. The molecule has 1 aromatic heterocycles. The number of nitrogens with one attached hydrogen (secondary N) is 1. The second-order valence-corrected chi connectivity index (χ2v) is 8.97. The first-order valence-corrected chi connectivity index (χ1v) is 10.2. The van der Waals surface area contributed by atoms with Gasteiger partial charge in [-0.2, -0.15) is 5.10 Å². The fraction of sp³-hybridized carbons (Fsp3) is 0.292. The van der Waals surface area contributed by atoms with Gasteiger partial charge in [-0.1, -0.05) is 74.8 Å². The van der Waals surface area contributed by atoms with Gasteiger partial charge in [-0.3, -0.25) is 4.79 Å². The molecule has 0 bridgehead atoms. The normalized spacial score (nSPS) is 18.9. The summed E-state index contributed by atoms with van der Waals surface area (Å²) in [6.45, 7) is 6.60. The SMILES string of the molecule is CC(C)(C)c1ccc([C@H]2C[C@H]2C(=O)NN=Cc2cc3ccccc3nc2Cl)cc1. The number of halogens is 1. The highest BCUT2D eigenvalue weighted by Crippen LogP contribution is 2.47. The van der Waals surface area contributed by atoms with Crippen LogP contribution < -0.4 is 5.43 Å². The molecule has 0 spiro atoms. The molecule has 1 aliphatic rings. The third-order valence-corrected chi connectivity index (χ3v) is 5.72. The van der Waals surface area contributed by atoms with Crippen LogP contribution >= 0.6 is 11.6 Å². The van der Waals surface area contributed by atoms with Gasteiger partial charge >= 0.3 is 0 Å². The van der Waals surface area contributed by atoms with E-state index in [1.165, 1.54) is 11.1 Å². The second kappa shape index (κ2) is 7.60. The Morgan fingerprint density at radius 2 is 1.90 bits per heavy atom. The topological polar surface area (TPSA) is 54.4 Å². The first-order valence-electron chi connectivity index (χ1n) is 9.81. The standard InChI is InChI=1S/C24H24ClN3O/c1-24(2,3)18-10-8-15(9-11-18)19-13-20(19)23(29)28-26-14-17-12-16-6-4-5-7-21(16)27-22(17)25/h4-12,14,19-20H,13H2,1-3H3,(H,28,29)/t19-,20-/m1/s1. The van der Waals surface area contributed by atoms with Crippen molar-refractivity contribution < 1.29 is 4.79 Å². The fourth-order valence-corrected chi connectivity index (χ4v) is 3.73. The van der Waals surface area contributed by atoms with E-state index in [4.69, 9.17) is 11.6 Å². The van der Waals surface area contributed by atoms with E-state index in [2.05, 4.69) is 60.5 Å². The average Bonchev–Trinajstić information content (AvgIpc) is 3.49. The molecule has 148 valence electrons. The molecule has 5 heteroatoms. The van der Waals surface area contributed by atoms with Crippen molar-refractivity contribution in [3.8, 4) is 0 Å². The Bertz CT molecular complexity index is 1080. The van der Waals surface area contributed by atoms with Crippen LogP contribution in [0.5, 0.6) is 0 Å². The lowest BCUT2D eigenvalue weighted by Crippen LogP contribution is -2.20. The molecule has 29 heavy (non-hydrogen) atoms. The van der Waals surface area contributed by atoms with Crippen molar-refractivity contribution in [1.82, 2.24) is 10.4 Å². The Labute approximate surface area is 176 Å². The number of pyridine rings is 1. The lowest BCUT2D eigenvalue weighted by molar-refractivity contribution is -0.122. The van der Waals surface area contributed by atoms with Gasteiger partial charge in [0.05, 0.1) is 11.7 Å². The summed E-state index contributed by atoms with van der Waals surface area (Å²) in [6.07, 6.45) is 2.41. The lowest BCUT2D eigenvalue weighted by Gasteiger charge is -2.19. The van der Waals surface area contributed by atoms with Crippen LogP contribution in [0.3, 0.4) is 0 Å². The van der Waals surface area contributed by atoms with Gasteiger partial charge in [0.15, 0.2) is 0 Å². The maximum atomic E-state index is 12.4. The van der Waals surface area contributed by atoms with Crippen LogP contribution in [-0.4, -0.2) is 17.1 Å². The van der Waals surface area contributed by atoms with E-state index in [1.807, 2.05) is 30.3 Å². The first kappa shape index (κ1) is 19.6. The van der Waals surface area contributed by atoms with E-state index < -0.39 is 0 Å². The zero-order chi connectivity index (χ0) is 20.6. The predicted molar refractivity (Wildman–Crippen MR) is 118 cm³/mol. The van der Waals surface area contributed by atoms with Gasteiger partial charge in [-0.15, -0.1) is 0 Å². The summed E-state index contributed by atoms with van der Waals surface area (Å²) in [5, 5.41) is 5.44. The maximum absolute atomic E-state index is 12.4. The van der Waals surface area contributed by atoms with E-state index in [0.29, 0.717) is 10.7 Å². The molecule has 0 unspecified atom stereocenters. The van der Waals surface area contributed by atoms with E-state index >= 15 is 0 Å². The molecular weight excluding hydrogens is 382 g/mol.